The third-order valence-electron chi connectivity index (χ3n) is 14.6. The van der Waals surface area contributed by atoms with Gasteiger partial charge < -0.3 is 75.6 Å². The first-order chi connectivity index (χ1) is 37.7. The predicted octanol–water partition coefficient (Wildman–Crippen LogP) is 0.469. The number of amides is 10. The Morgan fingerprint density at radius 3 is 0.768 bits per heavy atom. The van der Waals surface area contributed by atoms with Gasteiger partial charge in [-0.1, -0.05) is 49.0 Å². The van der Waals surface area contributed by atoms with Gasteiger partial charge in [-0.3, -0.25) is 47.9 Å². The lowest BCUT2D eigenvalue weighted by Gasteiger charge is -2.36. The highest BCUT2D eigenvalue weighted by atomic mass is 16.3. The number of primary amides is 1. The summed E-state index contributed by atoms with van der Waals surface area (Å²) >= 11 is 0. The van der Waals surface area contributed by atoms with E-state index in [4.69, 9.17) is 5.73 Å². The Morgan fingerprint density at radius 1 is 0.329 bits per heavy atom. The highest BCUT2D eigenvalue weighted by molar-refractivity contribution is 5.94. The van der Waals surface area contributed by atoms with Crippen molar-refractivity contribution < 1.29 is 68.4 Å². The van der Waals surface area contributed by atoms with Crippen LogP contribution in [0.15, 0.2) is 0 Å². The van der Waals surface area contributed by atoms with Crippen molar-refractivity contribution in [3.63, 3.8) is 0 Å². The third-order valence-corrected chi connectivity index (χ3v) is 14.6. The van der Waals surface area contributed by atoms with E-state index in [9.17, 15) is 68.4 Å². The summed E-state index contributed by atoms with van der Waals surface area (Å²) < 4.78 is 0. The van der Waals surface area contributed by atoms with Crippen LogP contribution in [0.25, 0.3) is 0 Å². The SMILES string of the molecule is C.CC[C@@H](C)NCC(=O)N(CC(=O)N(CC(=O)N(CC(=O)N(CC(=O)N(CC(=O)N(CC(=O)N(CC(=O)N(CC(=O)N(CC(N)=O)[C@H](C)CC)[C@H](C)CC)C[C@@H](C)O)C[C@H](C)O)[C@H](C)CC)[C@H](C)CC)C[C@@H](C)O)C[C@H](C)O)[C@H](C)CC. The average Bonchev–Trinajstić information content (AvgIpc) is 3.39. The number of carbonyl (C=O) groups is 10. The molecule has 10 atom stereocenters. The lowest BCUT2D eigenvalue weighted by molar-refractivity contribution is -0.152. The molecule has 0 spiro atoms. The topological polar surface area (TPSA) is 319 Å². The summed E-state index contributed by atoms with van der Waals surface area (Å²) in [5.41, 5.74) is 5.44. The van der Waals surface area contributed by atoms with E-state index in [1.54, 1.807) is 55.4 Å². The molecule has 0 fully saturated rings. The maximum absolute atomic E-state index is 14.5. The number of nitrogens with one attached hydrogen (secondary N) is 1. The molecule has 476 valence electrons. The highest BCUT2D eigenvalue weighted by Gasteiger charge is 2.35. The maximum atomic E-state index is 14.5. The van der Waals surface area contributed by atoms with E-state index in [1.165, 1.54) is 52.2 Å². The third kappa shape index (κ3) is 28.2. The number of aliphatic hydroxyl groups is 4. The molecule has 0 saturated carbocycles. The molecule has 7 N–H and O–H groups in total. The fourth-order valence-corrected chi connectivity index (χ4v) is 8.52. The van der Waals surface area contributed by atoms with Gasteiger partial charge in [0, 0.05) is 62.4 Å². The van der Waals surface area contributed by atoms with E-state index in [2.05, 4.69) is 5.32 Å². The summed E-state index contributed by atoms with van der Waals surface area (Å²) in [5, 5.41) is 45.2. The second kappa shape index (κ2) is 39.9. The summed E-state index contributed by atoms with van der Waals surface area (Å²) in [6.07, 6.45) is -1.60. The van der Waals surface area contributed by atoms with Crippen molar-refractivity contribution in [2.45, 2.75) is 217 Å². The van der Waals surface area contributed by atoms with E-state index in [-0.39, 0.29) is 77.3 Å². The van der Waals surface area contributed by atoms with Gasteiger partial charge in [0.05, 0.1) is 63.7 Å². The van der Waals surface area contributed by atoms with E-state index in [0.29, 0.717) is 32.1 Å². The molecule has 0 rings (SSSR count). The molecule has 0 radical (unpaired) electrons. The van der Waals surface area contributed by atoms with Gasteiger partial charge in [-0.05, 0) is 108 Å². The molecule has 82 heavy (non-hydrogen) atoms. The molecule has 0 bridgehead atoms. The number of nitrogens with two attached hydrogens (primary N) is 1. The summed E-state index contributed by atoms with van der Waals surface area (Å²) in [5.74, 6) is -6.53. The number of aliphatic hydroxyl groups excluding tert-OH is 4. The Kier molecular flexibility index (Phi) is 38.2. The monoisotopic (exact) mass is 1170 g/mol. The number of carbonyl (C=O) groups excluding carboxylic acids is 10. The van der Waals surface area contributed by atoms with Crippen LogP contribution in [0.5, 0.6) is 0 Å². The Morgan fingerprint density at radius 2 is 0.537 bits per heavy atom. The molecule has 25 heteroatoms. The van der Waals surface area contributed by atoms with Crippen molar-refractivity contribution in [2.24, 2.45) is 5.73 Å². The van der Waals surface area contributed by atoms with Crippen LogP contribution in [-0.4, -0.2) is 276 Å². The molecule has 10 amide bonds. The van der Waals surface area contributed by atoms with Crippen LogP contribution in [-0.2, 0) is 47.9 Å². The van der Waals surface area contributed by atoms with Crippen LogP contribution in [0, 0.1) is 0 Å². The van der Waals surface area contributed by atoms with Gasteiger partial charge in [-0.2, -0.15) is 0 Å². The van der Waals surface area contributed by atoms with Gasteiger partial charge in [0.25, 0.3) is 0 Å². The van der Waals surface area contributed by atoms with Gasteiger partial charge >= 0.3 is 0 Å². The minimum atomic E-state index is -1.17. The largest absolute Gasteiger partial charge is 0.392 e. The fraction of sp³-hybridized carbons (Fsp3) is 0.825. The first kappa shape index (κ1) is 78.6. The zero-order chi connectivity index (χ0) is 62.6. The molecular formula is C57H109N11O14. The predicted molar refractivity (Wildman–Crippen MR) is 314 cm³/mol. The smallest absolute Gasteiger partial charge is 0.242 e. The van der Waals surface area contributed by atoms with Gasteiger partial charge in [0.15, 0.2) is 0 Å². The molecule has 25 nitrogen and oxygen atoms in total. The minimum absolute atomic E-state index is 0. The van der Waals surface area contributed by atoms with Crippen molar-refractivity contribution in [3.05, 3.63) is 0 Å². The molecule has 0 aliphatic carbocycles. The molecule has 0 heterocycles. The normalized spacial score (nSPS) is 14.8. The molecule has 0 aliphatic rings. The van der Waals surface area contributed by atoms with Crippen LogP contribution in [0.2, 0.25) is 0 Å². The number of hydrogen-bond donors (Lipinski definition) is 6. The van der Waals surface area contributed by atoms with Crippen molar-refractivity contribution in [3.8, 4) is 0 Å². The molecule has 0 aliphatic heterocycles. The zero-order valence-electron chi connectivity index (χ0n) is 51.9. The van der Waals surface area contributed by atoms with Crippen molar-refractivity contribution >= 4 is 59.1 Å². The van der Waals surface area contributed by atoms with Crippen LogP contribution in [0.1, 0.15) is 157 Å². The Hall–Kier alpha value is -5.50. The fourth-order valence-electron chi connectivity index (χ4n) is 8.52. The summed E-state index contributed by atoms with van der Waals surface area (Å²) in [4.78, 5) is 149. The van der Waals surface area contributed by atoms with Crippen molar-refractivity contribution in [1.29, 1.82) is 0 Å². The van der Waals surface area contributed by atoms with Crippen LogP contribution in [0.3, 0.4) is 0 Å². The van der Waals surface area contributed by atoms with E-state index in [0.717, 1.165) is 26.0 Å². The standard InChI is InChI=1S/C56H105N11O14.CH4/c1-17-37(7)58-23-48(73)64(39(9)19-3)33-51(76)59(24-43(13)68)29-49(74)62(27-46(16)71)32-54(79)67(42(12)22-6)36-56(81)65(40(10)20-4)34-52(77)60(25-44(14)69)30-50(75)61(26-45(15)70)31-53(78)66(41(11)21-5)35-55(80)63(28-47(57)72)38(8)18-2;/h37-46,58,68-71H,17-36H2,1-16H3,(H2,57,72);1H4/t37-,38-,39-,40-,41-,42-,43+,44+,45-,46-;/m1./s1. The van der Waals surface area contributed by atoms with Crippen LogP contribution >= 0.6 is 0 Å². The van der Waals surface area contributed by atoms with E-state index in [1.807, 2.05) is 27.7 Å². The van der Waals surface area contributed by atoms with Gasteiger partial charge in [0.2, 0.25) is 59.1 Å². The number of hydrogen-bond acceptors (Lipinski definition) is 15. The molecular weight excluding hydrogens is 1060 g/mol. The minimum Gasteiger partial charge on any atom is -0.392 e. The van der Waals surface area contributed by atoms with Crippen LogP contribution < -0.4 is 11.1 Å². The van der Waals surface area contributed by atoms with Gasteiger partial charge in [-0.25, -0.2) is 0 Å². The highest BCUT2D eigenvalue weighted by Crippen LogP contribution is 2.15. The average molecular weight is 1170 g/mol. The molecule has 0 aromatic heterocycles. The number of rotatable bonds is 40. The molecule has 0 aromatic rings. The Bertz CT molecular complexity index is 2010. The van der Waals surface area contributed by atoms with Gasteiger partial charge in [-0.15, -0.1) is 0 Å². The summed E-state index contributed by atoms with van der Waals surface area (Å²) in [6.45, 7) is 21.0. The second-order valence-corrected chi connectivity index (χ2v) is 22.0. The Labute approximate surface area is 490 Å². The molecule has 0 saturated heterocycles. The van der Waals surface area contributed by atoms with Crippen molar-refractivity contribution in [2.75, 3.05) is 91.6 Å². The van der Waals surface area contributed by atoms with Crippen molar-refractivity contribution in [1.82, 2.24) is 49.4 Å². The second-order valence-electron chi connectivity index (χ2n) is 22.0. The summed E-state index contributed by atoms with van der Waals surface area (Å²) in [7, 11) is 0. The van der Waals surface area contributed by atoms with Gasteiger partial charge in [0.1, 0.15) is 26.2 Å². The first-order valence-corrected chi connectivity index (χ1v) is 29.1. The van der Waals surface area contributed by atoms with E-state index >= 15 is 0 Å². The first-order valence-electron chi connectivity index (χ1n) is 29.1. The zero-order valence-corrected chi connectivity index (χ0v) is 51.9. The van der Waals surface area contributed by atoms with Crippen LogP contribution in [0.4, 0.5) is 0 Å². The van der Waals surface area contributed by atoms with E-state index < -0.39 is 142 Å². The lowest BCUT2D eigenvalue weighted by atomic mass is 10.1. The summed E-state index contributed by atoms with van der Waals surface area (Å²) in [6, 6.07) is -2.37. The quantitative estimate of drug-likeness (QED) is 0.0486. The molecule has 0 unspecified atom stereocenters. The maximum Gasteiger partial charge on any atom is 0.242 e. The Balaban J connectivity index is 0. The lowest BCUT2D eigenvalue weighted by Crippen LogP contribution is -2.56. The molecule has 0 aromatic carbocycles. The number of nitrogens with zero attached hydrogens (tertiary/aromatic N) is 9.